The van der Waals surface area contributed by atoms with Gasteiger partial charge in [-0.3, -0.25) is 14.7 Å². The van der Waals surface area contributed by atoms with Crippen LogP contribution in [0.15, 0.2) is 43.0 Å². The van der Waals surface area contributed by atoms with Crippen molar-refractivity contribution in [2.45, 2.75) is 12.8 Å². The number of pyridine rings is 2. The van der Waals surface area contributed by atoms with E-state index in [4.69, 9.17) is 4.74 Å². The molecule has 0 radical (unpaired) electrons. The number of carbonyl (C=O) groups is 1. The zero-order valence-corrected chi connectivity index (χ0v) is 19.9. The highest BCUT2D eigenvalue weighted by molar-refractivity contribution is 5.92. The maximum Gasteiger partial charge on any atom is 0.238 e. The van der Waals surface area contributed by atoms with Gasteiger partial charge in [0, 0.05) is 44.1 Å². The van der Waals surface area contributed by atoms with E-state index in [9.17, 15) is 10.1 Å². The molecule has 11 nitrogen and oxygen atoms in total. The van der Waals surface area contributed by atoms with Crippen molar-refractivity contribution in [2.24, 2.45) is 0 Å². The van der Waals surface area contributed by atoms with Crippen LogP contribution >= 0.6 is 0 Å². The zero-order valence-electron chi connectivity index (χ0n) is 19.9. The molecule has 5 rings (SSSR count). The number of hydrogen-bond acceptors (Lipinski definition) is 10. The van der Waals surface area contributed by atoms with Gasteiger partial charge < -0.3 is 20.3 Å². The molecule has 184 valence electrons. The fourth-order valence-corrected chi connectivity index (χ4v) is 4.31. The number of nitrogens with zero attached hydrogens (tertiary/aromatic N) is 7. The van der Waals surface area contributed by atoms with Gasteiger partial charge in [-0.25, -0.2) is 15.0 Å². The third-order valence-corrected chi connectivity index (χ3v) is 6.09. The lowest BCUT2D eigenvalue weighted by Crippen LogP contribution is -2.41. The Hall–Kier alpha value is -4.14. The molecular weight excluding hydrogens is 458 g/mol. The Morgan fingerprint density at radius 2 is 1.86 bits per heavy atom. The third-order valence-electron chi connectivity index (χ3n) is 6.09. The van der Waals surface area contributed by atoms with Crippen molar-refractivity contribution in [3.8, 4) is 17.3 Å². The Bertz CT molecular complexity index is 1260. The van der Waals surface area contributed by atoms with Crippen molar-refractivity contribution in [1.82, 2.24) is 24.8 Å². The summed E-state index contributed by atoms with van der Waals surface area (Å²) in [7, 11) is 0. The highest BCUT2D eigenvalue weighted by atomic mass is 16.5. The van der Waals surface area contributed by atoms with Crippen LogP contribution in [0.1, 0.15) is 18.4 Å². The standard InChI is InChI=1S/C25H27N9O2/c26-13-18-11-19(14-29-24(18)34-5-1-2-6-34)22-3-4-28-25(32-22)31-21-12-20(15-27-16-21)30-23(35)17-33-7-9-36-10-8-33/h3-4,11-12,14-16H,1-2,5-10,17H2,(H,30,35)(H,28,31,32). The van der Waals surface area contributed by atoms with E-state index in [-0.39, 0.29) is 5.91 Å². The van der Waals surface area contributed by atoms with Crippen molar-refractivity contribution in [1.29, 1.82) is 5.26 Å². The Morgan fingerprint density at radius 3 is 2.67 bits per heavy atom. The molecule has 36 heavy (non-hydrogen) atoms. The molecule has 3 aromatic heterocycles. The van der Waals surface area contributed by atoms with E-state index in [0.717, 1.165) is 50.4 Å². The van der Waals surface area contributed by atoms with Gasteiger partial charge in [-0.15, -0.1) is 0 Å². The van der Waals surface area contributed by atoms with Crippen molar-refractivity contribution < 1.29 is 9.53 Å². The van der Waals surface area contributed by atoms with Crippen LogP contribution in [0.4, 0.5) is 23.1 Å². The number of rotatable bonds is 7. The quantitative estimate of drug-likeness (QED) is 0.514. The van der Waals surface area contributed by atoms with Gasteiger partial charge in [-0.1, -0.05) is 0 Å². The molecule has 11 heteroatoms. The first-order chi connectivity index (χ1) is 17.7. The van der Waals surface area contributed by atoms with E-state index in [1.54, 1.807) is 36.9 Å². The molecule has 0 aromatic carbocycles. The summed E-state index contributed by atoms with van der Waals surface area (Å²) < 4.78 is 5.32. The normalized spacial score (nSPS) is 15.9. The number of anilines is 4. The van der Waals surface area contributed by atoms with E-state index >= 15 is 0 Å². The summed E-state index contributed by atoms with van der Waals surface area (Å²) in [5.74, 6) is 0.991. The number of aromatic nitrogens is 4. The third kappa shape index (κ3) is 5.73. The highest BCUT2D eigenvalue weighted by Crippen LogP contribution is 2.27. The molecule has 0 bridgehead atoms. The van der Waals surface area contributed by atoms with Gasteiger partial charge in [-0.05, 0) is 31.0 Å². The molecule has 2 fully saturated rings. The second-order valence-electron chi connectivity index (χ2n) is 8.69. The number of nitriles is 1. The maximum absolute atomic E-state index is 12.4. The lowest BCUT2D eigenvalue weighted by Gasteiger charge is -2.25. The van der Waals surface area contributed by atoms with Crippen LogP contribution in [0, 0.1) is 11.3 Å². The number of nitrogens with one attached hydrogen (secondary N) is 2. The first-order valence-electron chi connectivity index (χ1n) is 12.0. The Balaban J connectivity index is 1.27. The molecule has 2 N–H and O–H groups in total. The van der Waals surface area contributed by atoms with Crippen LogP contribution < -0.4 is 15.5 Å². The summed E-state index contributed by atoms with van der Waals surface area (Å²) in [5.41, 5.74) is 3.13. The van der Waals surface area contributed by atoms with Gasteiger partial charge in [0.2, 0.25) is 11.9 Å². The summed E-state index contributed by atoms with van der Waals surface area (Å²) >= 11 is 0. The molecule has 0 spiro atoms. The van der Waals surface area contributed by atoms with Gasteiger partial charge in [0.05, 0.1) is 54.8 Å². The molecule has 0 unspecified atom stereocenters. The molecule has 2 saturated heterocycles. The second kappa shape index (κ2) is 11.1. The predicted molar refractivity (Wildman–Crippen MR) is 135 cm³/mol. The number of morpholine rings is 1. The van der Waals surface area contributed by atoms with Crippen LogP contribution in [0.2, 0.25) is 0 Å². The predicted octanol–water partition coefficient (Wildman–Crippen LogP) is 2.42. The molecule has 2 aliphatic heterocycles. The summed E-state index contributed by atoms with van der Waals surface area (Å²) in [4.78, 5) is 34.3. The Labute approximate surface area is 209 Å². The number of carbonyl (C=O) groups excluding carboxylic acids is 1. The van der Waals surface area contributed by atoms with E-state index in [2.05, 4.69) is 46.4 Å². The summed E-state index contributed by atoms with van der Waals surface area (Å²) in [6, 6.07) is 7.64. The van der Waals surface area contributed by atoms with Crippen LogP contribution in [0.5, 0.6) is 0 Å². The van der Waals surface area contributed by atoms with Crippen LogP contribution in [-0.4, -0.2) is 76.7 Å². The van der Waals surface area contributed by atoms with Gasteiger partial charge in [0.1, 0.15) is 11.9 Å². The summed E-state index contributed by atoms with van der Waals surface area (Å²) in [6.45, 7) is 4.92. The molecular formula is C25H27N9O2. The van der Waals surface area contributed by atoms with Gasteiger partial charge in [-0.2, -0.15) is 5.26 Å². The largest absolute Gasteiger partial charge is 0.379 e. The second-order valence-corrected chi connectivity index (χ2v) is 8.69. The molecule has 0 saturated carbocycles. The highest BCUT2D eigenvalue weighted by Gasteiger charge is 2.18. The topological polar surface area (TPSA) is 132 Å². The fourth-order valence-electron chi connectivity index (χ4n) is 4.31. The van der Waals surface area contributed by atoms with Crippen LogP contribution in [0.25, 0.3) is 11.3 Å². The first-order valence-corrected chi connectivity index (χ1v) is 12.0. The van der Waals surface area contributed by atoms with Crippen molar-refractivity contribution >= 4 is 29.0 Å². The number of amides is 1. The summed E-state index contributed by atoms with van der Waals surface area (Å²) in [5, 5.41) is 15.7. The molecule has 0 atom stereocenters. The first kappa shape index (κ1) is 23.6. The minimum atomic E-state index is -0.104. The van der Waals surface area contributed by atoms with Gasteiger partial charge in [0.25, 0.3) is 0 Å². The monoisotopic (exact) mass is 485 g/mol. The Kier molecular flexibility index (Phi) is 7.25. The Morgan fingerprint density at radius 1 is 1.06 bits per heavy atom. The minimum Gasteiger partial charge on any atom is -0.379 e. The van der Waals surface area contributed by atoms with Crippen molar-refractivity contribution in [3.05, 3.63) is 48.5 Å². The van der Waals surface area contributed by atoms with Crippen molar-refractivity contribution in [3.63, 3.8) is 0 Å². The van der Waals surface area contributed by atoms with E-state index in [1.807, 2.05) is 6.07 Å². The molecule has 5 heterocycles. The zero-order chi connectivity index (χ0) is 24.7. The minimum absolute atomic E-state index is 0.104. The maximum atomic E-state index is 12.4. The molecule has 2 aliphatic rings. The van der Waals surface area contributed by atoms with E-state index < -0.39 is 0 Å². The average Bonchev–Trinajstić information content (AvgIpc) is 3.44. The molecule has 3 aromatic rings. The smallest absolute Gasteiger partial charge is 0.238 e. The van der Waals surface area contributed by atoms with Crippen LogP contribution in [0.3, 0.4) is 0 Å². The van der Waals surface area contributed by atoms with Gasteiger partial charge in [0.15, 0.2) is 0 Å². The van der Waals surface area contributed by atoms with E-state index in [1.165, 1.54) is 0 Å². The number of hydrogen-bond donors (Lipinski definition) is 2. The SMILES string of the molecule is N#Cc1cc(-c2ccnc(Nc3cncc(NC(=O)CN4CCOCC4)c3)n2)cnc1N1CCCC1. The lowest BCUT2D eigenvalue weighted by atomic mass is 10.1. The van der Waals surface area contributed by atoms with Gasteiger partial charge >= 0.3 is 0 Å². The molecule has 1 amide bonds. The number of ether oxygens (including phenoxy) is 1. The average molecular weight is 486 g/mol. The lowest BCUT2D eigenvalue weighted by molar-refractivity contribution is -0.118. The fraction of sp³-hybridized carbons (Fsp3) is 0.360. The summed E-state index contributed by atoms with van der Waals surface area (Å²) in [6.07, 6.45) is 8.84. The van der Waals surface area contributed by atoms with Crippen molar-refractivity contribution in [2.75, 3.05) is 61.5 Å². The van der Waals surface area contributed by atoms with E-state index in [0.29, 0.717) is 48.3 Å². The molecule has 0 aliphatic carbocycles. The van der Waals surface area contributed by atoms with Crippen LogP contribution in [-0.2, 0) is 9.53 Å².